The molecule has 0 fully saturated rings. The van der Waals surface area contributed by atoms with Gasteiger partial charge in [0.05, 0.1) is 4.90 Å². The summed E-state index contributed by atoms with van der Waals surface area (Å²) >= 11 is 0. The number of hydrogen-bond acceptors (Lipinski definition) is 6. The van der Waals surface area contributed by atoms with Gasteiger partial charge in [-0.3, -0.25) is 13.9 Å². The molecule has 1 aromatic heterocycles. The number of aldehydes is 1. The summed E-state index contributed by atoms with van der Waals surface area (Å²) in [7, 11) is -9.25. The smallest absolute Gasteiger partial charge is 0.295 e. The lowest BCUT2D eigenvalue weighted by Crippen LogP contribution is -2.04. The first kappa shape index (κ1) is 15.4. The molecule has 0 radical (unpaired) electrons. The minimum atomic E-state index is -4.67. The van der Waals surface area contributed by atoms with Crippen LogP contribution < -0.4 is 0 Å². The summed E-state index contributed by atoms with van der Waals surface area (Å²) in [5.74, 6) is -0.279. The molecule has 0 amide bonds. The van der Waals surface area contributed by atoms with Crippen molar-refractivity contribution in [2.24, 2.45) is 0 Å². The Labute approximate surface area is 119 Å². The molecule has 112 valence electrons. The summed E-state index contributed by atoms with van der Waals surface area (Å²) in [6, 6.07) is 4.88. The monoisotopic (exact) mass is 332 g/mol. The highest BCUT2D eigenvalue weighted by Crippen LogP contribution is 2.31. The van der Waals surface area contributed by atoms with E-state index in [4.69, 9.17) is 13.5 Å². The van der Waals surface area contributed by atoms with Gasteiger partial charge in [0.15, 0.2) is 12.0 Å². The lowest BCUT2D eigenvalue weighted by molar-refractivity contribution is 0.110. The van der Waals surface area contributed by atoms with E-state index in [-0.39, 0.29) is 17.1 Å². The van der Waals surface area contributed by atoms with Crippen molar-refractivity contribution in [1.82, 2.24) is 0 Å². The molecular weight excluding hydrogens is 324 g/mol. The van der Waals surface area contributed by atoms with Gasteiger partial charge < -0.3 is 4.42 Å². The quantitative estimate of drug-likeness (QED) is 0.630. The summed E-state index contributed by atoms with van der Waals surface area (Å²) < 4.78 is 67.9. The predicted molar refractivity (Wildman–Crippen MR) is 69.2 cm³/mol. The average molecular weight is 332 g/mol. The number of carbonyl (C=O) groups is 1. The van der Waals surface area contributed by atoms with E-state index in [1.54, 1.807) is 0 Å². The fourth-order valence-corrected chi connectivity index (χ4v) is 2.83. The van der Waals surface area contributed by atoms with Gasteiger partial charge in [0.1, 0.15) is 10.7 Å². The van der Waals surface area contributed by atoms with Gasteiger partial charge in [-0.1, -0.05) is 0 Å². The van der Waals surface area contributed by atoms with Crippen molar-refractivity contribution in [1.29, 1.82) is 0 Å². The highest BCUT2D eigenvalue weighted by Gasteiger charge is 2.22. The predicted octanol–water partition coefficient (Wildman–Crippen LogP) is 1.25. The van der Waals surface area contributed by atoms with E-state index >= 15 is 0 Å². The summed E-state index contributed by atoms with van der Waals surface area (Å²) in [6.45, 7) is 0. The molecule has 0 saturated carbocycles. The van der Waals surface area contributed by atoms with Gasteiger partial charge in [0, 0.05) is 5.56 Å². The Morgan fingerprint density at radius 3 is 2.10 bits per heavy atom. The molecule has 0 unspecified atom stereocenters. The van der Waals surface area contributed by atoms with Crippen LogP contribution in [0.2, 0.25) is 0 Å². The van der Waals surface area contributed by atoms with Gasteiger partial charge in [-0.2, -0.15) is 16.8 Å². The van der Waals surface area contributed by atoms with Crippen LogP contribution in [-0.4, -0.2) is 32.2 Å². The molecule has 1 aromatic carbocycles. The van der Waals surface area contributed by atoms with Crippen LogP contribution in [0.5, 0.6) is 0 Å². The molecule has 0 atom stereocenters. The normalized spacial score (nSPS) is 12.3. The Balaban J connectivity index is 2.78. The molecule has 0 saturated heterocycles. The molecule has 0 aliphatic carbocycles. The van der Waals surface area contributed by atoms with Crippen LogP contribution in [0.1, 0.15) is 10.6 Å². The van der Waals surface area contributed by atoms with Crippen LogP contribution in [-0.2, 0) is 20.2 Å². The average Bonchev–Trinajstić information content (AvgIpc) is 2.84. The van der Waals surface area contributed by atoms with Crippen molar-refractivity contribution >= 4 is 26.5 Å². The first-order chi connectivity index (χ1) is 9.63. The Morgan fingerprint density at radius 2 is 1.62 bits per heavy atom. The van der Waals surface area contributed by atoms with Gasteiger partial charge in [-0.05, 0) is 30.3 Å². The second-order valence-electron chi connectivity index (χ2n) is 3.93. The lowest BCUT2D eigenvalue weighted by Gasteiger charge is -2.06. The number of carbonyl (C=O) groups excluding carboxylic acids is 1. The van der Waals surface area contributed by atoms with E-state index in [0.29, 0.717) is 6.29 Å². The van der Waals surface area contributed by atoms with Crippen molar-refractivity contribution < 1.29 is 35.2 Å². The van der Waals surface area contributed by atoms with Crippen molar-refractivity contribution in [3.63, 3.8) is 0 Å². The summed E-state index contributed by atoms with van der Waals surface area (Å²) in [4.78, 5) is 9.35. The second kappa shape index (κ2) is 5.07. The number of furan rings is 1. The van der Waals surface area contributed by atoms with E-state index in [1.165, 1.54) is 12.1 Å². The van der Waals surface area contributed by atoms with Gasteiger partial charge >= 0.3 is 0 Å². The van der Waals surface area contributed by atoms with Gasteiger partial charge in [-0.15, -0.1) is 0 Å². The van der Waals surface area contributed by atoms with Crippen molar-refractivity contribution in [3.8, 4) is 11.3 Å². The summed E-state index contributed by atoms with van der Waals surface area (Å²) in [6.07, 6.45) is 0.364. The maximum absolute atomic E-state index is 11.3. The third-order valence-electron chi connectivity index (χ3n) is 2.54. The fraction of sp³-hybridized carbons (Fsp3) is 0. The van der Waals surface area contributed by atoms with Crippen LogP contribution in [0.15, 0.2) is 44.5 Å². The van der Waals surface area contributed by atoms with E-state index in [9.17, 15) is 21.6 Å². The van der Waals surface area contributed by atoms with Crippen molar-refractivity contribution in [2.45, 2.75) is 9.79 Å². The molecule has 8 nitrogen and oxygen atoms in total. The van der Waals surface area contributed by atoms with E-state index in [0.717, 1.165) is 18.2 Å². The Bertz CT molecular complexity index is 905. The maximum Gasteiger partial charge on any atom is 0.295 e. The van der Waals surface area contributed by atoms with Crippen LogP contribution >= 0.6 is 0 Å². The molecule has 2 aromatic rings. The van der Waals surface area contributed by atoms with Crippen LogP contribution in [0.25, 0.3) is 11.3 Å². The topological polar surface area (TPSA) is 139 Å². The fourth-order valence-electron chi connectivity index (χ4n) is 1.65. The van der Waals surface area contributed by atoms with Crippen LogP contribution in [0, 0.1) is 0 Å². The standard InChI is InChI=1S/C11H8O8S2/c12-6-7-1-3-10(19-7)9-5-8(20(13,14)15)2-4-11(9)21(16,17)18/h1-6H,(H,13,14,15)(H,16,17,18). The van der Waals surface area contributed by atoms with Gasteiger partial charge in [0.25, 0.3) is 20.2 Å². The highest BCUT2D eigenvalue weighted by atomic mass is 32.2. The molecule has 0 spiro atoms. The molecule has 10 heteroatoms. The Hall–Kier alpha value is -2.01. The second-order valence-corrected chi connectivity index (χ2v) is 6.74. The SMILES string of the molecule is O=Cc1ccc(-c2cc(S(=O)(=O)O)ccc2S(=O)(=O)O)o1. The molecule has 1 heterocycles. The maximum atomic E-state index is 11.3. The van der Waals surface area contributed by atoms with Gasteiger partial charge in [-0.25, -0.2) is 0 Å². The Kier molecular flexibility index (Phi) is 3.72. The third kappa shape index (κ3) is 3.19. The largest absolute Gasteiger partial charge is 0.453 e. The van der Waals surface area contributed by atoms with E-state index in [1.807, 2.05) is 0 Å². The van der Waals surface area contributed by atoms with Crippen molar-refractivity contribution in [3.05, 3.63) is 36.1 Å². The third-order valence-corrected chi connectivity index (χ3v) is 4.30. The zero-order valence-electron chi connectivity index (χ0n) is 10.1. The number of rotatable bonds is 4. The molecule has 2 rings (SSSR count). The minimum Gasteiger partial charge on any atom is -0.453 e. The highest BCUT2D eigenvalue weighted by molar-refractivity contribution is 7.86. The lowest BCUT2D eigenvalue weighted by atomic mass is 10.2. The molecule has 2 N–H and O–H groups in total. The van der Waals surface area contributed by atoms with E-state index < -0.39 is 30.0 Å². The van der Waals surface area contributed by atoms with Crippen LogP contribution in [0.4, 0.5) is 0 Å². The van der Waals surface area contributed by atoms with Crippen molar-refractivity contribution in [2.75, 3.05) is 0 Å². The molecule has 0 aliphatic rings. The first-order valence-corrected chi connectivity index (χ1v) is 8.15. The first-order valence-electron chi connectivity index (χ1n) is 5.27. The summed E-state index contributed by atoms with van der Waals surface area (Å²) in [5.41, 5.74) is -0.305. The van der Waals surface area contributed by atoms with E-state index in [2.05, 4.69) is 0 Å². The number of benzene rings is 1. The molecule has 0 bridgehead atoms. The Morgan fingerprint density at radius 1 is 0.952 bits per heavy atom. The molecule has 21 heavy (non-hydrogen) atoms. The van der Waals surface area contributed by atoms with Crippen LogP contribution in [0.3, 0.4) is 0 Å². The molecular formula is C11H8O8S2. The zero-order chi connectivity index (χ0) is 15.8. The zero-order valence-corrected chi connectivity index (χ0v) is 11.8. The summed E-state index contributed by atoms with van der Waals surface area (Å²) in [5, 5.41) is 0. The van der Waals surface area contributed by atoms with Gasteiger partial charge in [0.2, 0.25) is 0 Å². The minimum absolute atomic E-state index is 0.122. The molecule has 0 aliphatic heterocycles. The number of hydrogen-bond donors (Lipinski definition) is 2.